The van der Waals surface area contributed by atoms with E-state index in [1.807, 2.05) is 60.7 Å². The molecule has 3 aromatic heterocycles. The Balaban J connectivity index is 1.12. The van der Waals surface area contributed by atoms with E-state index in [9.17, 15) is 0 Å². The maximum Gasteiger partial charge on any atom is 0.164 e. The third-order valence-electron chi connectivity index (χ3n) is 8.29. The summed E-state index contributed by atoms with van der Waals surface area (Å²) in [6, 6.07) is 52.1. The Morgan fingerprint density at radius 3 is 1.57 bits per heavy atom. The van der Waals surface area contributed by atoms with Crippen LogP contribution in [0, 0.1) is 0 Å². The summed E-state index contributed by atoms with van der Waals surface area (Å²) in [7, 11) is 0. The highest BCUT2D eigenvalue weighted by atomic mass is 32.1. The van der Waals surface area contributed by atoms with E-state index in [1.54, 1.807) is 11.3 Å². The van der Waals surface area contributed by atoms with Crippen molar-refractivity contribution in [2.75, 3.05) is 0 Å². The second kappa shape index (κ2) is 10.9. The van der Waals surface area contributed by atoms with Crippen LogP contribution in [0.15, 0.2) is 152 Å². The van der Waals surface area contributed by atoms with E-state index in [0.29, 0.717) is 17.5 Å². The van der Waals surface area contributed by atoms with Crippen LogP contribution in [0.25, 0.3) is 82.4 Å². The molecule has 216 valence electrons. The van der Waals surface area contributed by atoms with Gasteiger partial charge < -0.3 is 4.57 Å². The molecule has 46 heavy (non-hydrogen) atoms. The van der Waals surface area contributed by atoms with Crippen LogP contribution in [-0.2, 0) is 0 Å². The molecule has 0 spiro atoms. The van der Waals surface area contributed by atoms with Crippen molar-refractivity contribution in [3.8, 4) is 50.4 Å². The number of nitrogens with zero attached hydrogens (tertiary/aromatic N) is 5. The zero-order valence-corrected chi connectivity index (χ0v) is 25.4. The Hall–Kier alpha value is -5.98. The summed E-state index contributed by atoms with van der Waals surface area (Å²) in [5, 5.41) is 3.45. The molecule has 0 unspecified atom stereocenters. The van der Waals surface area contributed by atoms with Crippen LogP contribution in [0.4, 0.5) is 0 Å². The van der Waals surface area contributed by atoms with Gasteiger partial charge >= 0.3 is 0 Å². The van der Waals surface area contributed by atoms with Gasteiger partial charge in [-0.25, -0.2) is 19.9 Å². The fourth-order valence-corrected chi connectivity index (χ4v) is 7.06. The largest absolute Gasteiger partial charge is 0.309 e. The van der Waals surface area contributed by atoms with Crippen molar-refractivity contribution < 1.29 is 0 Å². The summed E-state index contributed by atoms with van der Waals surface area (Å²) in [6.07, 6.45) is 0. The molecule has 0 saturated heterocycles. The Kier molecular flexibility index (Phi) is 6.25. The normalized spacial score (nSPS) is 11.5. The molecule has 6 heteroatoms. The molecule has 6 aromatic carbocycles. The lowest BCUT2D eigenvalue weighted by atomic mass is 10.1. The van der Waals surface area contributed by atoms with Crippen LogP contribution in [0.3, 0.4) is 0 Å². The van der Waals surface area contributed by atoms with E-state index in [0.717, 1.165) is 44.0 Å². The van der Waals surface area contributed by atoms with Gasteiger partial charge in [-0.15, -0.1) is 11.3 Å². The van der Waals surface area contributed by atoms with E-state index in [4.69, 9.17) is 19.9 Å². The maximum absolute atomic E-state index is 5.11. The first-order chi connectivity index (χ1) is 22.8. The smallest absolute Gasteiger partial charge is 0.164 e. The molecule has 0 atom stereocenters. The van der Waals surface area contributed by atoms with Crippen LogP contribution in [0.2, 0.25) is 0 Å². The van der Waals surface area contributed by atoms with Gasteiger partial charge in [-0.3, -0.25) is 0 Å². The van der Waals surface area contributed by atoms with Crippen molar-refractivity contribution in [1.82, 2.24) is 24.5 Å². The van der Waals surface area contributed by atoms with Crippen molar-refractivity contribution in [3.63, 3.8) is 0 Å². The average Bonchev–Trinajstić information content (AvgIpc) is 3.70. The van der Waals surface area contributed by atoms with Gasteiger partial charge in [0.2, 0.25) is 0 Å². The van der Waals surface area contributed by atoms with Crippen LogP contribution in [0.1, 0.15) is 0 Å². The fourth-order valence-electron chi connectivity index (χ4n) is 6.07. The van der Waals surface area contributed by atoms with Crippen LogP contribution in [-0.4, -0.2) is 24.5 Å². The average molecular weight is 608 g/mol. The number of benzene rings is 6. The minimum atomic E-state index is 0.639. The molecule has 0 aliphatic carbocycles. The molecule has 0 aliphatic rings. The van der Waals surface area contributed by atoms with E-state index in [1.165, 1.54) is 21.0 Å². The predicted octanol–water partition coefficient (Wildman–Crippen LogP) is 10.2. The first-order valence-electron chi connectivity index (χ1n) is 15.2. The van der Waals surface area contributed by atoms with E-state index in [2.05, 4.69) is 95.6 Å². The number of para-hydroxylation sites is 2. The zero-order valence-electron chi connectivity index (χ0n) is 24.6. The second-order valence-electron chi connectivity index (χ2n) is 11.2. The van der Waals surface area contributed by atoms with Crippen LogP contribution >= 0.6 is 11.3 Å². The first-order valence-corrected chi connectivity index (χ1v) is 16.0. The van der Waals surface area contributed by atoms with Crippen molar-refractivity contribution in [3.05, 3.63) is 152 Å². The lowest BCUT2D eigenvalue weighted by molar-refractivity contribution is 1.07. The molecule has 9 aromatic rings. The Morgan fingerprint density at radius 1 is 0.413 bits per heavy atom. The monoisotopic (exact) mass is 607 g/mol. The molecule has 0 radical (unpaired) electrons. The molecule has 0 N–H and O–H groups in total. The van der Waals surface area contributed by atoms with Gasteiger partial charge in [0.05, 0.1) is 21.3 Å². The maximum atomic E-state index is 5.11. The summed E-state index contributed by atoms with van der Waals surface area (Å²) in [6.45, 7) is 0. The molecule has 0 fully saturated rings. The van der Waals surface area contributed by atoms with E-state index in [-0.39, 0.29) is 0 Å². The SMILES string of the molecule is c1ccc(-c2nc(-c3ccccc3)nc(-c3ccc(-c4nc5cc6c(cc5s4)c4ccccc4n6-c4ccccc4)cc3)n2)cc1. The minimum absolute atomic E-state index is 0.639. The number of fused-ring (bicyclic) bond motifs is 4. The third-order valence-corrected chi connectivity index (χ3v) is 9.35. The summed E-state index contributed by atoms with van der Waals surface area (Å²) >= 11 is 1.72. The Bertz CT molecular complexity index is 2440. The molecule has 0 saturated carbocycles. The third kappa shape index (κ3) is 4.55. The van der Waals surface area contributed by atoms with Gasteiger partial charge in [0, 0.05) is 38.7 Å². The Labute approximate surface area is 269 Å². The molecular weight excluding hydrogens is 583 g/mol. The number of aromatic nitrogens is 5. The van der Waals surface area contributed by atoms with E-state index >= 15 is 0 Å². The van der Waals surface area contributed by atoms with Gasteiger partial charge in [-0.05, 0) is 30.3 Å². The van der Waals surface area contributed by atoms with E-state index < -0.39 is 0 Å². The Morgan fingerprint density at radius 2 is 0.935 bits per heavy atom. The van der Waals surface area contributed by atoms with Crippen molar-refractivity contribution >= 4 is 43.4 Å². The van der Waals surface area contributed by atoms with Gasteiger partial charge in [0.1, 0.15) is 5.01 Å². The molecule has 5 nitrogen and oxygen atoms in total. The van der Waals surface area contributed by atoms with Crippen molar-refractivity contribution in [1.29, 1.82) is 0 Å². The van der Waals surface area contributed by atoms with Crippen LogP contribution < -0.4 is 0 Å². The molecule has 0 amide bonds. The molecule has 9 rings (SSSR count). The fraction of sp³-hybridized carbons (Fsp3) is 0. The zero-order chi connectivity index (χ0) is 30.5. The van der Waals surface area contributed by atoms with Gasteiger partial charge in [-0.1, -0.05) is 121 Å². The lowest BCUT2D eigenvalue weighted by Gasteiger charge is -2.08. The number of hydrogen-bond acceptors (Lipinski definition) is 5. The highest BCUT2D eigenvalue weighted by molar-refractivity contribution is 7.21. The van der Waals surface area contributed by atoms with Gasteiger partial charge in [0.15, 0.2) is 17.5 Å². The quantitative estimate of drug-likeness (QED) is 0.195. The summed E-state index contributed by atoms with van der Waals surface area (Å²) < 4.78 is 3.50. The summed E-state index contributed by atoms with van der Waals surface area (Å²) in [5.74, 6) is 1.94. The predicted molar refractivity (Wildman–Crippen MR) is 189 cm³/mol. The lowest BCUT2D eigenvalue weighted by Crippen LogP contribution is -2.00. The summed E-state index contributed by atoms with van der Waals surface area (Å²) in [4.78, 5) is 19.7. The first kappa shape index (κ1) is 26.4. The van der Waals surface area contributed by atoms with Crippen molar-refractivity contribution in [2.24, 2.45) is 0 Å². The molecular formula is C40H25N5S. The van der Waals surface area contributed by atoms with Crippen molar-refractivity contribution in [2.45, 2.75) is 0 Å². The highest BCUT2D eigenvalue weighted by Gasteiger charge is 2.16. The number of rotatable bonds is 5. The van der Waals surface area contributed by atoms with Crippen LogP contribution in [0.5, 0.6) is 0 Å². The minimum Gasteiger partial charge on any atom is -0.309 e. The topological polar surface area (TPSA) is 56.5 Å². The standard InChI is InChI=1S/C40H25N5S/c1-4-12-26(13-5-1)37-42-38(27-14-6-2-7-15-27)44-39(43-37)28-20-22-29(23-21-28)40-41-33-25-35-32(24-36(33)46-40)31-18-10-11-19-34(31)45(35)30-16-8-3-9-17-30/h1-25H. The van der Waals surface area contributed by atoms with Gasteiger partial charge in [-0.2, -0.15) is 0 Å². The highest BCUT2D eigenvalue weighted by Crippen LogP contribution is 2.38. The summed E-state index contributed by atoms with van der Waals surface area (Å²) in [5.41, 5.74) is 8.38. The number of hydrogen-bond donors (Lipinski definition) is 0. The molecule has 0 bridgehead atoms. The number of thiazole rings is 1. The van der Waals surface area contributed by atoms with Gasteiger partial charge in [0.25, 0.3) is 0 Å². The molecule has 0 aliphatic heterocycles. The second-order valence-corrected chi connectivity index (χ2v) is 12.2. The molecule has 3 heterocycles.